The van der Waals surface area contributed by atoms with Crippen molar-refractivity contribution in [3.63, 3.8) is 0 Å². The molecule has 0 aliphatic carbocycles. The summed E-state index contributed by atoms with van der Waals surface area (Å²) in [5.74, 6) is 0.171. The summed E-state index contributed by atoms with van der Waals surface area (Å²) in [7, 11) is 1.67. The third kappa shape index (κ3) is 3.09. The molecule has 0 fully saturated rings. The molecule has 2 atom stereocenters. The van der Waals surface area contributed by atoms with E-state index in [0.717, 1.165) is 12.1 Å². The molecular weight excluding hydrogens is 178 g/mol. The molecule has 0 radical (unpaired) electrons. The average molecular weight is 195 g/mol. The van der Waals surface area contributed by atoms with Crippen LogP contribution in [-0.4, -0.2) is 23.8 Å². The van der Waals surface area contributed by atoms with E-state index in [1.54, 1.807) is 13.3 Å². The first-order chi connectivity index (χ1) is 6.75. The summed E-state index contributed by atoms with van der Waals surface area (Å²) in [4.78, 5) is 4.12. The summed E-state index contributed by atoms with van der Waals surface area (Å²) < 4.78 is 4.97. The van der Waals surface area contributed by atoms with Crippen molar-refractivity contribution in [1.82, 2.24) is 4.98 Å². The van der Waals surface area contributed by atoms with Gasteiger partial charge >= 0.3 is 0 Å². The van der Waals surface area contributed by atoms with Crippen molar-refractivity contribution in [3.05, 3.63) is 30.1 Å². The van der Waals surface area contributed by atoms with Gasteiger partial charge in [0.25, 0.3) is 0 Å². The Morgan fingerprint density at radius 2 is 2.29 bits per heavy atom. The largest absolute Gasteiger partial charge is 0.387 e. The molecule has 2 unspecified atom stereocenters. The van der Waals surface area contributed by atoms with Gasteiger partial charge in [-0.3, -0.25) is 4.98 Å². The van der Waals surface area contributed by atoms with Crippen LogP contribution in [0.25, 0.3) is 0 Å². The molecule has 0 aliphatic rings. The predicted molar refractivity (Wildman–Crippen MR) is 54.9 cm³/mol. The van der Waals surface area contributed by atoms with E-state index >= 15 is 0 Å². The van der Waals surface area contributed by atoms with Crippen LogP contribution >= 0.6 is 0 Å². The fourth-order valence-electron chi connectivity index (χ4n) is 1.30. The molecule has 1 aromatic heterocycles. The monoisotopic (exact) mass is 195 g/mol. The fourth-order valence-corrected chi connectivity index (χ4v) is 1.30. The van der Waals surface area contributed by atoms with E-state index in [9.17, 15) is 5.11 Å². The molecule has 0 saturated carbocycles. The molecule has 0 bridgehead atoms. The van der Waals surface area contributed by atoms with Crippen molar-refractivity contribution in [2.45, 2.75) is 19.4 Å². The highest BCUT2D eigenvalue weighted by atomic mass is 16.5. The molecule has 78 valence electrons. The van der Waals surface area contributed by atoms with Gasteiger partial charge in [0, 0.05) is 19.9 Å². The fraction of sp³-hybridized carbons (Fsp3) is 0.545. The van der Waals surface area contributed by atoms with E-state index in [-0.39, 0.29) is 5.92 Å². The number of ether oxygens (including phenoxy) is 1. The van der Waals surface area contributed by atoms with Gasteiger partial charge in [-0.1, -0.05) is 13.0 Å². The average Bonchev–Trinajstić information content (AvgIpc) is 2.26. The van der Waals surface area contributed by atoms with Gasteiger partial charge in [-0.25, -0.2) is 0 Å². The number of aliphatic hydroxyl groups excluding tert-OH is 1. The first kappa shape index (κ1) is 11.1. The van der Waals surface area contributed by atoms with Gasteiger partial charge in [0.15, 0.2) is 0 Å². The zero-order valence-corrected chi connectivity index (χ0v) is 8.68. The van der Waals surface area contributed by atoms with Gasteiger partial charge < -0.3 is 9.84 Å². The second-order valence-electron chi connectivity index (χ2n) is 3.46. The Bertz CT molecular complexity index is 251. The molecule has 1 N–H and O–H groups in total. The zero-order valence-electron chi connectivity index (χ0n) is 8.68. The van der Waals surface area contributed by atoms with Crippen LogP contribution in [0.4, 0.5) is 0 Å². The minimum absolute atomic E-state index is 0.171. The molecule has 3 nitrogen and oxygen atoms in total. The van der Waals surface area contributed by atoms with Crippen molar-refractivity contribution >= 4 is 0 Å². The quantitative estimate of drug-likeness (QED) is 0.778. The Morgan fingerprint density at radius 3 is 2.86 bits per heavy atom. The first-order valence-corrected chi connectivity index (χ1v) is 4.83. The van der Waals surface area contributed by atoms with Gasteiger partial charge in [0.2, 0.25) is 0 Å². The summed E-state index contributed by atoms with van der Waals surface area (Å²) in [6, 6.07) is 5.57. The lowest BCUT2D eigenvalue weighted by Gasteiger charge is -2.17. The van der Waals surface area contributed by atoms with Crippen LogP contribution in [-0.2, 0) is 4.74 Å². The van der Waals surface area contributed by atoms with Crippen molar-refractivity contribution < 1.29 is 9.84 Å². The summed E-state index contributed by atoms with van der Waals surface area (Å²) in [5.41, 5.74) is 0.733. The lowest BCUT2D eigenvalue weighted by atomic mass is 9.98. The van der Waals surface area contributed by atoms with E-state index in [2.05, 4.69) is 4.98 Å². The van der Waals surface area contributed by atoms with Gasteiger partial charge in [-0.05, 0) is 24.5 Å². The maximum absolute atomic E-state index is 9.90. The molecule has 0 spiro atoms. The summed E-state index contributed by atoms with van der Waals surface area (Å²) >= 11 is 0. The van der Waals surface area contributed by atoms with Gasteiger partial charge in [0.05, 0.1) is 11.8 Å². The molecule has 14 heavy (non-hydrogen) atoms. The molecule has 3 heteroatoms. The number of rotatable bonds is 5. The maximum atomic E-state index is 9.90. The van der Waals surface area contributed by atoms with Crippen molar-refractivity contribution in [3.8, 4) is 0 Å². The highest BCUT2D eigenvalue weighted by Gasteiger charge is 2.16. The van der Waals surface area contributed by atoms with Crippen LogP contribution in [0.2, 0.25) is 0 Å². The highest BCUT2D eigenvalue weighted by molar-refractivity contribution is 5.07. The molecular formula is C11H17NO2. The Hall–Kier alpha value is -0.930. The number of hydrogen-bond donors (Lipinski definition) is 1. The number of nitrogens with zero attached hydrogens (tertiary/aromatic N) is 1. The molecule has 1 heterocycles. The second kappa shape index (κ2) is 5.73. The number of pyridine rings is 1. The van der Waals surface area contributed by atoms with E-state index in [1.165, 1.54) is 0 Å². The van der Waals surface area contributed by atoms with E-state index < -0.39 is 6.10 Å². The number of aliphatic hydroxyl groups is 1. The standard InChI is InChI=1S/C11H17NO2/c1-9(6-8-14-2)11(13)10-5-3-4-7-12-10/h3-5,7,9,11,13H,6,8H2,1-2H3. The summed E-state index contributed by atoms with van der Waals surface area (Å²) in [6.45, 7) is 2.67. The number of methoxy groups -OCH3 is 1. The van der Waals surface area contributed by atoms with E-state index in [0.29, 0.717) is 6.61 Å². The maximum Gasteiger partial charge on any atom is 0.0985 e. The van der Waals surface area contributed by atoms with Crippen molar-refractivity contribution in [1.29, 1.82) is 0 Å². The zero-order chi connectivity index (χ0) is 10.4. The van der Waals surface area contributed by atoms with Crippen molar-refractivity contribution in [2.75, 3.05) is 13.7 Å². The highest BCUT2D eigenvalue weighted by Crippen LogP contribution is 2.21. The van der Waals surface area contributed by atoms with Crippen LogP contribution in [0, 0.1) is 5.92 Å². The lowest BCUT2D eigenvalue weighted by molar-refractivity contribution is 0.0855. The van der Waals surface area contributed by atoms with Crippen LogP contribution in [0.1, 0.15) is 25.1 Å². The second-order valence-corrected chi connectivity index (χ2v) is 3.46. The third-order valence-corrected chi connectivity index (χ3v) is 2.31. The Labute approximate surface area is 84.7 Å². The van der Waals surface area contributed by atoms with E-state index in [4.69, 9.17) is 4.74 Å². The summed E-state index contributed by atoms with van der Waals surface area (Å²) in [5, 5.41) is 9.90. The topological polar surface area (TPSA) is 42.4 Å². The molecule has 0 aliphatic heterocycles. The Kier molecular flexibility index (Phi) is 4.56. The number of aromatic nitrogens is 1. The minimum atomic E-state index is -0.494. The lowest BCUT2D eigenvalue weighted by Crippen LogP contribution is -2.12. The normalized spacial score (nSPS) is 15.1. The van der Waals surface area contributed by atoms with Crippen LogP contribution in [0.15, 0.2) is 24.4 Å². The third-order valence-electron chi connectivity index (χ3n) is 2.31. The minimum Gasteiger partial charge on any atom is -0.387 e. The number of hydrogen-bond acceptors (Lipinski definition) is 3. The van der Waals surface area contributed by atoms with Gasteiger partial charge in [-0.2, -0.15) is 0 Å². The van der Waals surface area contributed by atoms with Gasteiger partial charge in [-0.15, -0.1) is 0 Å². The predicted octanol–water partition coefficient (Wildman–Crippen LogP) is 1.79. The summed E-state index contributed by atoms with van der Waals surface area (Å²) in [6.07, 6.45) is 2.04. The SMILES string of the molecule is COCCC(C)C(O)c1ccccn1. The molecule has 0 amide bonds. The first-order valence-electron chi connectivity index (χ1n) is 4.83. The Balaban J connectivity index is 2.52. The molecule has 1 aromatic rings. The van der Waals surface area contributed by atoms with Crippen LogP contribution < -0.4 is 0 Å². The van der Waals surface area contributed by atoms with Crippen LogP contribution in [0.3, 0.4) is 0 Å². The van der Waals surface area contributed by atoms with Crippen molar-refractivity contribution in [2.24, 2.45) is 5.92 Å². The molecule has 0 aromatic carbocycles. The Morgan fingerprint density at radius 1 is 1.50 bits per heavy atom. The van der Waals surface area contributed by atoms with Crippen LogP contribution in [0.5, 0.6) is 0 Å². The molecule has 1 rings (SSSR count). The van der Waals surface area contributed by atoms with Gasteiger partial charge in [0.1, 0.15) is 0 Å². The smallest absolute Gasteiger partial charge is 0.0985 e. The van der Waals surface area contributed by atoms with E-state index in [1.807, 2.05) is 25.1 Å². The molecule has 0 saturated heterocycles.